The highest BCUT2D eigenvalue weighted by Crippen LogP contribution is 2.21. The van der Waals surface area contributed by atoms with E-state index >= 15 is 0 Å². The number of carbonyl (C=O) groups excluding carboxylic acids is 1. The highest BCUT2D eigenvalue weighted by atomic mass is 35.5. The molecule has 2 N–H and O–H groups in total. The molecule has 0 unspecified atom stereocenters. The number of carbonyl (C=O) groups is 1. The Morgan fingerprint density at radius 3 is 2.53 bits per heavy atom. The van der Waals surface area contributed by atoms with Crippen LogP contribution in [0.3, 0.4) is 0 Å². The zero-order valence-corrected chi connectivity index (χ0v) is 12.6. The second-order valence-electron chi connectivity index (χ2n) is 4.35. The molecule has 0 aliphatic rings. The van der Waals surface area contributed by atoms with Crippen LogP contribution in [0.2, 0.25) is 5.02 Å². The molecule has 0 spiro atoms. The number of anilines is 1. The molecule has 0 bridgehead atoms. The molecule has 5 nitrogen and oxygen atoms in total. The maximum Gasteiger partial charge on any atom is 0.253 e. The van der Waals surface area contributed by atoms with Gasteiger partial charge in [0.15, 0.2) is 0 Å². The molecule has 0 saturated heterocycles. The summed E-state index contributed by atoms with van der Waals surface area (Å²) in [5, 5.41) is 3.00. The van der Waals surface area contributed by atoms with Crippen molar-refractivity contribution in [1.29, 1.82) is 0 Å². The summed E-state index contributed by atoms with van der Waals surface area (Å²) in [5.41, 5.74) is 0.647. The Bertz CT molecular complexity index is 572. The average molecular weight is 305 g/mol. The van der Waals surface area contributed by atoms with E-state index in [9.17, 15) is 13.2 Å². The van der Waals surface area contributed by atoms with Gasteiger partial charge < -0.3 is 5.32 Å². The predicted octanol–water partition coefficient (Wildman–Crippen LogP) is 2.24. The fourth-order valence-electron chi connectivity index (χ4n) is 1.38. The van der Waals surface area contributed by atoms with Crippen LogP contribution in [0.15, 0.2) is 18.2 Å². The van der Waals surface area contributed by atoms with Crippen molar-refractivity contribution in [2.45, 2.75) is 26.3 Å². The summed E-state index contributed by atoms with van der Waals surface area (Å²) in [6.07, 6.45) is 1.86. The van der Waals surface area contributed by atoms with Gasteiger partial charge in [-0.05, 0) is 31.5 Å². The Hall–Kier alpha value is -1.27. The topological polar surface area (TPSA) is 75.3 Å². The Balaban J connectivity index is 2.91. The lowest BCUT2D eigenvalue weighted by Crippen LogP contribution is -2.32. The van der Waals surface area contributed by atoms with Gasteiger partial charge in [-0.1, -0.05) is 18.5 Å². The lowest BCUT2D eigenvalue weighted by molar-refractivity contribution is 0.0939. The van der Waals surface area contributed by atoms with E-state index in [1.165, 1.54) is 18.2 Å². The van der Waals surface area contributed by atoms with Crippen LogP contribution in [0, 0.1) is 0 Å². The number of sulfonamides is 1. The molecule has 0 aromatic heterocycles. The number of rotatable bonds is 5. The normalized spacial score (nSPS) is 12.8. The smallest absolute Gasteiger partial charge is 0.253 e. The number of benzene rings is 1. The molecule has 0 fully saturated rings. The van der Waals surface area contributed by atoms with Gasteiger partial charge in [0.2, 0.25) is 10.0 Å². The quantitative estimate of drug-likeness (QED) is 0.876. The van der Waals surface area contributed by atoms with Crippen LogP contribution in [0.25, 0.3) is 0 Å². The summed E-state index contributed by atoms with van der Waals surface area (Å²) in [6.45, 7) is 3.86. The molecule has 0 radical (unpaired) electrons. The van der Waals surface area contributed by atoms with Crippen LogP contribution in [-0.4, -0.2) is 26.6 Å². The molecule has 106 valence electrons. The van der Waals surface area contributed by atoms with Crippen LogP contribution < -0.4 is 10.0 Å². The van der Waals surface area contributed by atoms with Crippen LogP contribution >= 0.6 is 11.6 Å². The molecule has 0 aliphatic heterocycles. The van der Waals surface area contributed by atoms with Crippen molar-refractivity contribution < 1.29 is 13.2 Å². The van der Waals surface area contributed by atoms with E-state index in [-0.39, 0.29) is 17.0 Å². The first-order valence-corrected chi connectivity index (χ1v) is 8.08. The van der Waals surface area contributed by atoms with E-state index < -0.39 is 10.0 Å². The number of hydrogen-bond donors (Lipinski definition) is 2. The van der Waals surface area contributed by atoms with Crippen molar-refractivity contribution in [2.75, 3.05) is 11.0 Å². The van der Waals surface area contributed by atoms with Crippen LogP contribution in [0.4, 0.5) is 5.69 Å². The summed E-state index contributed by atoms with van der Waals surface area (Å²) < 4.78 is 24.5. The van der Waals surface area contributed by atoms with Gasteiger partial charge in [-0.2, -0.15) is 0 Å². The van der Waals surface area contributed by atoms with Gasteiger partial charge >= 0.3 is 0 Å². The second-order valence-corrected chi connectivity index (χ2v) is 6.51. The lowest BCUT2D eigenvalue weighted by Gasteiger charge is -2.13. The van der Waals surface area contributed by atoms with Gasteiger partial charge in [-0.15, -0.1) is 0 Å². The van der Waals surface area contributed by atoms with Gasteiger partial charge in [-0.3, -0.25) is 9.52 Å². The molecule has 1 aromatic rings. The standard InChI is InChI=1S/C12H17ClN2O3S/c1-4-8(2)14-12(16)10-6-5-9(7-11(10)13)15-19(3,17)18/h5-8,15H,4H2,1-3H3,(H,14,16)/t8-/m0/s1. The Labute approximate surface area is 118 Å². The average Bonchev–Trinajstić information content (AvgIpc) is 2.26. The first-order valence-electron chi connectivity index (χ1n) is 5.81. The lowest BCUT2D eigenvalue weighted by atomic mass is 10.1. The van der Waals surface area contributed by atoms with Crippen molar-refractivity contribution in [2.24, 2.45) is 0 Å². The second kappa shape index (κ2) is 6.25. The van der Waals surface area contributed by atoms with E-state index in [4.69, 9.17) is 11.6 Å². The van der Waals surface area contributed by atoms with E-state index in [1.54, 1.807) is 0 Å². The third-order valence-electron chi connectivity index (χ3n) is 2.51. The first kappa shape index (κ1) is 15.8. The molecular formula is C12H17ClN2O3S. The van der Waals surface area contributed by atoms with E-state index in [0.717, 1.165) is 12.7 Å². The summed E-state index contributed by atoms with van der Waals surface area (Å²) in [6, 6.07) is 4.46. The van der Waals surface area contributed by atoms with Crippen molar-refractivity contribution in [1.82, 2.24) is 5.32 Å². The van der Waals surface area contributed by atoms with Crippen molar-refractivity contribution in [3.05, 3.63) is 28.8 Å². The minimum Gasteiger partial charge on any atom is -0.350 e. The molecule has 0 aliphatic carbocycles. The number of nitrogens with one attached hydrogen (secondary N) is 2. The van der Waals surface area contributed by atoms with Gasteiger partial charge in [-0.25, -0.2) is 8.42 Å². The molecule has 7 heteroatoms. The zero-order valence-electron chi connectivity index (χ0n) is 11.0. The third kappa shape index (κ3) is 5.08. The Kier molecular flexibility index (Phi) is 5.20. The molecule has 1 atom stereocenters. The summed E-state index contributed by atoms with van der Waals surface area (Å²) in [5.74, 6) is -0.273. The Morgan fingerprint density at radius 1 is 1.42 bits per heavy atom. The molecule has 0 saturated carbocycles. The van der Waals surface area contributed by atoms with E-state index in [1.807, 2.05) is 13.8 Å². The van der Waals surface area contributed by atoms with Crippen molar-refractivity contribution in [3.63, 3.8) is 0 Å². The van der Waals surface area contributed by atoms with Gasteiger partial charge in [0.25, 0.3) is 5.91 Å². The van der Waals surface area contributed by atoms with Crippen molar-refractivity contribution >= 4 is 33.2 Å². The molecule has 1 amide bonds. The SMILES string of the molecule is CC[C@H](C)NC(=O)c1ccc(NS(C)(=O)=O)cc1Cl. The fourth-order valence-corrected chi connectivity index (χ4v) is 2.20. The van der Waals surface area contributed by atoms with E-state index in [2.05, 4.69) is 10.0 Å². The zero-order chi connectivity index (χ0) is 14.6. The molecule has 0 heterocycles. The number of halogens is 1. The van der Waals surface area contributed by atoms with Gasteiger partial charge in [0.1, 0.15) is 0 Å². The first-order chi connectivity index (χ1) is 8.73. The molecule has 1 aromatic carbocycles. The number of amides is 1. The summed E-state index contributed by atoms with van der Waals surface area (Å²) in [7, 11) is -3.36. The van der Waals surface area contributed by atoms with Gasteiger partial charge in [0.05, 0.1) is 16.8 Å². The maximum atomic E-state index is 11.9. The van der Waals surface area contributed by atoms with Crippen molar-refractivity contribution in [3.8, 4) is 0 Å². The summed E-state index contributed by atoms with van der Waals surface area (Å²) in [4.78, 5) is 11.9. The van der Waals surface area contributed by atoms with Crippen LogP contribution in [-0.2, 0) is 10.0 Å². The van der Waals surface area contributed by atoms with E-state index in [0.29, 0.717) is 11.3 Å². The monoisotopic (exact) mass is 304 g/mol. The van der Waals surface area contributed by atoms with Gasteiger partial charge in [0, 0.05) is 11.7 Å². The highest BCUT2D eigenvalue weighted by Gasteiger charge is 2.13. The molecule has 19 heavy (non-hydrogen) atoms. The summed E-state index contributed by atoms with van der Waals surface area (Å²) >= 11 is 5.98. The molecule has 1 rings (SSSR count). The van der Waals surface area contributed by atoms with Crippen LogP contribution in [0.5, 0.6) is 0 Å². The Morgan fingerprint density at radius 2 is 2.05 bits per heavy atom. The third-order valence-corrected chi connectivity index (χ3v) is 3.43. The maximum absolute atomic E-state index is 11.9. The largest absolute Gasteiger partial charge is 0.350 e. The highest BCUT2D eigenvalue weighted by molar-refractivity contribution is 7.92. The number of hydrogen-bond acceptors (Lipinski definition) is 3. The minimum atomic E-state index is -3.36. The minimum absolute atomic E-state index is 0.0531. The van der Waals surface area contributed by atoms with Crippen LogP contribution in [0.1, 0.15) is 30.6 Å². The predicted molar refractivity (Wildman–Crippen MR) is 77.1 cm³/mol. The molecular weight excluding hydrogens is 288 g/mol. The fraction of sp³-hybridized carbons (Fsp3) is 0.417.